The van der Waals surface area contributed by atoms with Crippen molar-refractivity contribution in [2.75, 3.05) is 37.7 Å². The molecule has 0 radical (unpaired) electrons. The van der Waals surface area contributed by atoms with Gasteiger partial charge in [-0.1, -0.05) is 12.1 Å². The third-order valence-electron chi connectivity index (χ3n) is 2.60. The fourth-order valence-electron chi connectivity index (χ4n) is 1.52. The van der Waals surface area contributed by atoms with Crippen molar-refractivity contribution in [3.05, 3.63) is 30.1 Å². The minimum Gasteiger partial charge on any atom is -0.266 e. The summed E-state index contributed by atoms with van der Waals surface area (Å²) in [4.78, 5) is 0. The van der Waals surface area contributed by atoms with Crippen molar-refractivity contribution in [3.8, 4) is 0 Å². The van der Waals surface area contributed by atoms with Crippen LogP contribution in [0.5, 0.6) is 0 Å². The molecule has 1 N–H and O–H groups in total. The quantitative estimate of drug-likeness (QED) is 0.757. The van der Waals surface area contributed by atoms with E-state index in [2.05, 4.69) is 4.72 Å². The lowest BCUT2D eigenvalue weighted by Crippen LogP contribution is -2.42. The number of hydrogen-bond donors (Lipinski definition) is 1. The fourth-order valence-corrected chi connectivity index (χ4v) is 3.06. The first-order valence-electron chi connectivity index (χ1n) is 5.95. The standard InChI is InChI=1S/C11H18FN3O4S2/c1-14(2)21(18,19)13-8-9-15(20(3,16)17)11-7-5-4-6-10(11)12/h4-7,13H,8-9H2,1-3H3. The summed E-state index contributed by atoms with van der Waals surface area (Å²) in [6.45, 7) is -0.394. The maximum atomic E-state index is 13.7. The van der Waals surface area contributed by atoms with E-state index >= 15 is 0 Å². The van der Waals surface area contributed by atoms with Crippen LogP contribution < -0.4 is 9.03 Å². The molecule has 0 bridgehead atoms. The predicted molar refractivity (Wildman–Crippen MR) is 79.2 cm³/mol. The molecule has 21 heavy (non-hydrogen) atoms. The third-order valence-corrected chi connectivity index (χ3v) is 5.31. The van der Waals surface area contributed by atoms with Crippen molar-refractivity contribution in [1.82, 2.24) is 9.03 Å². The molecule has 0 saturated carbocycles. The van der Waals surface area contributed by atoms with Gasteiger partial charge in [0.2, 0.25) is 10.0 Å². The molecule has 0 aromatic heterocycles. The number of para-hydroxylation sites is 1. The van der Waals surface area contributed by atoms with Crippen molar-refractivity contribution in [3.63, 3.8) is 0 Å². The number of rotatable bonds is 7. The molecule has 1 aromatic rings. The maximum absolute atomic E-state index is 13.7. The van der Waals surface area contributed by atoms with Crippen molar-refractivity contribution >= 4 is 25.9 Å². The van der Waals surface area contributed by atoms with Crippen LogP contribution in [-0.2, 0) is 20.2 Å². The minimum atomic E-state index is -3.73. The average molecular weight is 339 g/mol. The molecule has 1 rings (SSSR count). The highest BCUT2D eigenvalue weighted by Crippen LogP contribution is 2.20. The van der Waals surface area contributed by atoms with E-state index in [1.165, 1.54) is 32.3 Å². The molecular formula is C11H18FN3O4S2. The van der Waals surface area contributed by atoms with Gasteiger partial charge in [0.05, 0.1) is 11.9 Å². The van der Waals surface area contributed by atoms with Crippen molar-refractivity contribution in [2.45, 2.75) is 0 Å². The number of sulfonamides is 1. The molecule has 0 aliphatic heterocycles. The molecule has 0 spiro atoms. The van der Waals surface area contributed by atoms with E-state index in [1.54, 1.807) is 0 Å². The number of nitrogens with one attached hydrogen (secondary N) is 1. The summed E-state index contributed by atoms with van der Waals surface area (Å²) in [7, 11) is -4.72. The van der Waals surface area contributed by atoms with E-state index in [0.717, 1.165) is 20.9 Å². The smallest absolute Gasteiger partial charge is 0.266 e. The molecular weight excluding hydrogens is 321 g/mol. The Labute approximate surface area is 124 Å². The van der Waals surface area contributed by atoms with Gasteiger partial charge in [0.15, 0.2) is 0 Å². The zero-order valence-corrected chi connectivity index (χ0v) is 13.6. The molecule has 0 fully saturated rings. The SMILES string of the molecule is CN(C)S(=O)(=O)NCCN(c1ccccc1F)S(C)(=O)=O. The number of anilines is 1. The molecule has 7 nitrogen and oxygen atoms in total. The van der Waals surface area contributed by atoms with E-state index in [4.69, 9.17) is 0 Å². The summed E-state index contributed by atoms with van der Waals surface area (Å²) in [5.74, 6) is -0.696. The Morgan fingerprint density at radius 2 is 1.71 bits per heavy atom. The van der Waals surface area contributed by atoms with Crippen molar-refractivity contribution in [2.24, 2.45) is 0 Å². The Kier molecular flexibility index (Phi) is 5.68. The van der Waals surface area contributed by atoms with Crippen LogP contribution >= 0.6 is 0 Å². The van der Waals surface area contributed by atoms with Crippen LogP contribution in [0.2, 0.25) is 0 Å². The van der Waals surface area contributed by atoms with Gasteiger partial charge in [-0.2, -0.15) is 12.7 Å². The summed E-state index contributed by atoms with van der Waals surface area (Å²) in [5, 5.41) is 0. The summed E-state index contributed by atoms with van der Waals surface area (Å²) in [6.07, 6.45) is 0.930. The molecule has 0 unspecified atom stereocenters. The Morgan fingerprint density at radius 3 is 2.19 bits per heavy atom. The van der Waals surface area contributed by atoms with Gasteiger partial charge in [-0.15, -0.1) is 0 Å². The van der Waals surface area contributed by atoms with E-state index in [9.17, 15) is 21.2 Å². The van der Waals surface area contributed by atoms with Crippen molar-refractivity contribution < 1.29 is 21.2 Å². The topological polar surface area (TPSA) is 86.8 Å². The highest BCUT2D eigenvalue weighted by atomic mass is 32.2. The van der Waals surface area contributed by atoms with Gasteiger partial charge in [0.1, 0.15) is 5.82 Å². The van der Waals surface area contributed by atoms with Gasteiger partial charge in [-0.05, 0) is 12.1 Å². The molecule has 0 aliphatic rings. The number of hydrogen-bond acceptors (Lipinski definition) is 4. The Hall–Kier alpha value is -1.23. The lowest BCUT2D eigenvalue weighted by atomic mass is 10.3. The van der Waals surface area contributed by atoms with Crippen LogP contribution in [0, 0.1) is 5.82 Å². The molecule has 0 heterocycles. The molecule has 10 heteroatoms. The van der Waals surface area contributed by atoms with Crippen LogP contribution in [0.25, 0.3) is 0 Å². The van der Waals surface area contributed by atoms with Crippen LogP contribution in [-0.4, -0.2) is 54.6 Å². The average Bonchev–Trinajstić information content (AvgIpc) is 2.34. The summed E-state index contributed by atoms with van der Waals surface area (Å²) < 4.78 is 64.3. The number of halogens is 1. The van der Waals surface area contributed by atoms with E-state index in [0.29, 0.717) is 0 Å². The highest BCUT2D eigenvalue weighted by Gasteiger charge is 2.21. The molecule has 120 valence electrons. The number of nitrogens with zero attached hydrogens (tertiary/aromatic N) is 2. The fraction of sp³-hybridized carbons (Fsp3) is 0.455. The first-order valence-corrected chi connectivity index (χ1v) is 9.24. The van der Waals surface area contributed by atoms with Crippen LogP contribution in [0.1, 0.15) is 0 Å². The summed E-state index contributed by atoms with van der Waals surface area (Å²) in [5.41, 5.74) is -0.121. The van der Waals surface area contributed by atoms with E-state index in [-0.39, 0.29) is 18.8 Å². The number of benzene rings is 1. The van der Waals surface area contributed by atoms with Crippen LogP contribution in [0.3, 0.4) is 0 Å². The third kappa shape index (κ3) is 4.92. The normalized spacial score (nSPS) is 12.6. The summed E-state index contributed by atoms with van der Waals surface area (Å²) >= 11 is 0. The van der Waals surface area contributed by atoms with Gasteiger partial charge >= 0.3 is 0 Å². The molecule has 0 amide bonds. The highest BCUT2D eigenvalue weighted by molar-refractivity contribution is 7.92. The predicted octanol–water partition coefficient (Wildman–Crippen LogP) is -0.0123. The Balaban J connectivity index is 2.91. The second-order valence-corrected chi connectivity index (χ2v) is 8.34. The van der Waals surface area contributed by atoms with Gasteiger partial charge in [0.25, 0.3) is 10.2 Å². The van der Waals surface area contributed by atoms with Gasteiger partial charge in [0, 0.05) is 27.2 Å². The molecule has 0 atom stereocenters. The van der Waals surface area contributed by atoms with Crippen LogP contribution in [0.4, 0.5) is 10.1 Å². The second kappa shape index (κ2) is 6.69. The van der Waals surface area contributed by atoms with Crippen molar-refractivity contribution in [1.29, 1.82) is 0 Å². The zero-order chi connectivity index (χ0) is 16.3. The Bertz CT molecular complexity index is 689. The van der Waals surface area contributed by atoms with Crippen LogP contribution in [0.15, 0.2) is 24.3 Å². The minimum absolute atomic E-state index is 0.121. The van der Waals surface area contributed by atoms with E-state index in [1.807, 2.05) is 0 Å². The molecule has 0 saturated heterocycles. The Morgan fingerprint density at radius 1 is 1.14 bits per heavy atom. The van der Waals surface area contributed by atoms with Gasteiger partial charge in [-0.3, -0.25) is 4.31 Å². The van der Waals surface area contributed by atoms with Gasteiger partial charge in [-0.25, -0.2) is 17.5 Å². The molecule has 1 aromatic carbocycles. The first kappa shape index (κ1) is 17.8. The second-order valence-electron chi connectivity index (χ2n) is 4.47. The maximum Gasteiger partial charge on any atom is 0.278 e. The monoisotopic (exact) mass is 339 g/mol. The molecule has 0 aliphatic carbocycles. The zero-order valence-electron chi connectivity index (χ0n) is 11.9. The lowest BCUT2D eigenvalue weighted by Gasteiger charge is -2.23. The van der Waals surface area contributed by atoms with Gasteiger partial charge < -0.3 is 0 Å². The first-order chi connectivity index (χ1) is 9.55. The summed E-state index contributed by atoms with van der Waals surface area (Å²) in [6, 6.07) is 5.39. The largest absolute Gasteiger partial charge is 0.278 e. The van der Waals surface area contributed by atoms with E-state index < -0.39 is 26.0 Å². The lowest BCUT2D eigenvalue weighted by molar-refractivity contribution is 0.506.